The van der Waals surface area contributed by atoms with Gasteiger partial charge < -0.3 is 14.0 Å². The van der Waals surface area contributed by atoms with Gasteiger partial charge in [0.25, 0.3) is 0 Å². The minimum Gasteiger partial charge on any atom is -0.455 e. The van der Waals surface area contributed by atoms with Crippen LogP contribution in [0.15, 0.2) is 52.3 Å². The van der Waals surface area contributed by atoms with Gasteiger partial charge >= 0.3 is 7.12 Å². The maximum Gasteiger partial charge on any atom is 0.494 e. The molecule has 2 aromatic carbocycles. The highest BCUT2D eigenvalue weighted by molar-refractivity contribution is 7.99. The number of benzene rings is 2. The molecule has 0 spiro atoms. The summed E-state index contributed by atoms with van der Waals surface area (Å²) < 4.78 is 18.3. The summed E-state index contributed by atoms with van der Waals surface area (Å²) in [5.41, 5.74) is 0.367. The minimum atomic E-state index is -0.344. The Hall–Kier alpha value is -1.43. The molecule has 1 fully saturated rings. The molecule has 0 bridgehead atoms. The van der Waals surface area contributed by atoms with E-state index in [1.807, 2.05) is 30.3 Å². The Morgan fingerprint density at radius 3 is 2.22 bits per heavy atom. The van der Waals surface area contributed by atoms with Crippen LogP contribution >= 0.6 is 11.8 Å². The zero-order valence-electron chi connectivity index (χ0n) is 13.8. The molecule has 0 radical (unpaired) electrons. The number of rotatable bonds is 1. The van der Waals surface area contributed by atoms with Crippen molar-refractivity contribution in [1.29, 1.82) is 0 Å². The smallest absolute Gasteiger partial charge is 0.455 e. The predicted molar refractivity (Wildman–Crippen MR) is 92.8 cm³/mol. The van der Waals surface area contributed by atoms with E-state index < -0.39 is 0 Å². The zero-order chi connectivity index (χ0) is 16.2. The van der Waals surface area contributed by atoms with Gasteiger partial charge in [0.2, 0.25) is 0 Å². The molecule has 2 aromatic rings. The van der Waals surface area contributed by atoms with Gasteiger partial charge in [0.05, 0.1) is 21.0 Å². The monoisotopic (exact) mass is 326 g/mol. The van der Waals surface area contributed by atoms with E-state index in [1.165, 1.54) is 0 Å². The van der Waals surface area contributed by atoms with Crippen LogP contribution in [0.4, 0.5) is 0 Å². The van der Waals surface area contributed by atoms with Crippen molar-refractivity contribution in [2.24, 2.45) is 0 Å². The Balaban J connectivity index is 1.65. The standard InChI is InChI=1S/C18H19BO3S/c1-17(2)18(3,4)22-19(21-17)12-9-10-14-16(11-12)23-15-8-6-5-7-13(15)20-14/h5-11H,1-4H3. The fraction of sp³-hybridized carbons (Fsp3) is 0.333. The highest BCUT2D eigenvalue weighted by atomic mass is 32.2. The molecule has 2 heterocycles. The van der Waals surface area contributed by atoms with Crippen LogP contribution in [-0.4, -0.2) is 18.3 Å². The van der Waals surface area contributed by atoms with Crippen molar-refractivity contribution < 1.29 is 14.0 Å². The van der Waals surface area contributed by atoms with Crippen molar-refractivity contribution in [3.63, 3.8) is 0 Å². The summed E-state index contributed by atoms with van der Waals surface area (Å²) in [4.78, 5) is 2.22. The summed E-state index contributed by atoms with van der Waals surface area (Å²) in [6.07, 6.45) is 0. The molecule has 0 N–H and O–H groups in total. The third-order valence-corrected chi connectivity index (χ3v) is 5.88. The molecule has 3 nitrogen and oxygen atoms in total. The first-order chi connectivity index (χ1) is 10.9. The maximum atomic E-state index is 6.14. The topological polar surface area (TPSA) is 27.7 Å². The lowest BCUT2D eigenvalue weighted by Gasteiger charge is -2.32. The average Bonchev–Trinajstić information content (AvgIpc) is 2.73. The summed E-state index contributed by atoms with van der Waals surface area (Å²) in [5, 5.41) is 0. The molecule has 0 aliphatic carbocycles. The SMILES string of the molecule is CC1(C)OB(c2ccc3c(c2)Sc2ccccc2O3)OC1(C)C. The summed E-state index contributed by atoms with van der Waals surface area (Å²) in [5.74, 6) is 1.79. The third-order valence-electron chi connectivity index (χ3n) is 4.78. The van der Waals surface area contributed by atoms with Gasteiger partial charge in [-0.2, -0.15) is 0 Å². The molecule has 4 rings (SSSR count). The Morgan fingerprint density at radius 1 is 0.826 bits per heavy atom. The van der Waals surface area contributed by atoms with Crippen LogP contribution in [0.5, 0.6) is 11.5 Å². The van der Waals surface area contributed by atoms with E-state index in [-0.39, 0.29) is 18.3 Å². The van der Waals surface area contributed by atoms with Gasteiger partial charge in [0.15, 0.2) is 0 Å². The van der Waals surface area contributed by atoms with Crippen molar-refractivity contribution >= 4 is 24.3 Å². The highest BCUT2D eigenvalue weighted by Crippen LogP contribution is 2.46. The molecule has 0 aromatic heterocycles. The van der Waals surface area contributed by atoms with Crippen LogP contribution in [0.2, 0.25) is 0 Å². The normalized spacial score (nSPS) is 20.6. The van der Waals surface area contributed by atoms with Crippen molar-refractivity contribution in [2.75, 3.05) is 0 Å². The van der Waals surface area contributed by atoms with Crippen LogP contribution < -0.4 is 10.2 Å². The molecule has 0 saturated carbocycles. The Labute approximate surface area is 141 Å². The van der Waals surface area contributed by atoms with Gasteiger partial charge in [-0.3, -0.25) is 0 Å². The lowest BCUT2D eigenvalue weighted by atomic mass is 9.79. The number of ether oxygens (including phenoxy) is 1. The van der Waals surface area contributed by atoms with E-state index in [9.17, 15) is 0 Å². The van der Waals surface area contributed by atoms with Gasteiger partial charge in [-0.25, -0.2) is 0 Å². The molecule has 1 saturated heterocycles. The third kappa shape index (κ3) is 2.47. The molecule has 0 unspecified atom stereocenters. The molecule has 0 atom stereocenters. The lowest BCUT2D eigenvalue weighted by Crippen LogP contribution is -2.41. The largest absolute Gasteiger partial charge is 0.494 e. The van der Waals surface area contributed by atoms with Gasteiger partial charge in [0, 0.05) is 0 Å². The van der Waals surface area contributed by atoms with Gasteiger partial charge in [-0.15, -0.1) is 0 Å². The number of hydrogen-bond acceptors (Lipinski definition) is 4. The first-order valence-corrected chi connectivity index (χ1v) is 8.62. The average molecular weight is 326 g/mol. The van der Waals surface area contributed by atoms with Crippen LogP contribution in [-0.2, 0) is 9.31 Å². The number of hydrogen-bond donors (Lipinski definition) is 0. The Morgan fingerprint density at radius 2 is 1.48 bits per heavy atom. The van der Waals surface area contributed by atoms with Crippen molar-refractivity contribution in [2.45, 2.75) is 48.7 Å². The number of fused-ring (bicyclic) bond motifs is 2. The fourth-order valence-electron chi connectivity index (χ4n) is 2.67. The van der Waals surface area contributed by atoms with Crippen LogP contribution in [0.3, 0.4) is 0 Å². The van der Waals surface area contributed by atoms with E-state index in [0.29, 0.717) is 0 Å². The first-order valence-electron chi connectivity index (χ1n) is 7.80. The van der Waals surface area contributed by atoms with E-state index in [2.05, 4.69) is 39.8 Å². The summed E-state index contributed by atoms with van der Waals surface area (Å²) >= 11 is 1.72. The minimum absolute atomic E-state index is 0.330. The van der Waals surface area contributed by atoms with Gasteiger partial charge in [-0.05, 0) is 57.4 Å². The van der Waals surface area contributed by atoms with Crippen LogP contribution in [0, 0.1) is 0 Å². The lowest BCUT2D eigenvalue weighted by molar-refractivity contribution is 0.00578. The van der Waals surface area contributed by atoms with E-state index in [4.69, 9.17) is 14.0 Å². The first kappa shape index (κ1) is 15.1. The van der Waals surface area contributed by atoms with E-state index in [0.717, 1.165) is 26.8 Å². The highest BCUT2D eigenvalue weighted by Gasteiger charge is 2.51. The second kappa shape index (κ2) is 5.03. The fourth-order valence-corrected chi connectivity index (χ4v) is 3.67. The number of para-hydroxylation sites is 1. The molecular weight excluding hydrogens is 307 g/mol. The summed E-state index contributed by atoms with van der Waals surface area (Å²) in [6.45, 7) is 8.28. The molecule has 23 heavy (non-hydrogen) atoms. The molecular formula is C18H19BO3S. The zero-order valence-corrected chi connectivity index (χ0v) is 14.6. The maximum absolute atomic E-state index is 6.14. The van der Waals surface area contributed by atoms with Crippen molar-refractivity contribution in [3.8, 4) is 11.5 Å². The van der Waals surface area contributed by atoms with Crippen molar-refractivity contribution in [1.82, 2.24) is 0 Å². The van der Waals surface area contributed by atoms with E-state index in [1.54, 1.807) is 11.8 Å². The second-order valence-electron chi connectivity index (χ2n) is 6.95. The predicted octanol–water partition coefficient (Wildman–Crippen LogP) is 4.24. The Bertz CT molecular complexity index is 757. The second-order valence-corrected chi connectivity index (χ2v) is 8.03. The van der Waals surface area contributed by atoms with Crippen LogP contribution in [0.1, 0.15) is 27.7 Å². The van der Waals surface area contributed by atoms with Gasteiger partial charge in [-0.1, -0.05) is 30.0 Å². The molecule has 2 aliphatic rings. The summed E-state index contributed by atoms with van der Waals surface area (Å²) in [6, 6.07) is 14.2. The molecule has 0 amide bonds. The quantitative estimate of drug-likeness (QED) is 0.625. The van der Waals surface area contributed by atoms with E-state index >= 15 is 0 Å². The van der Waals surface area contributed by atoms with Crippen molar-refractivity contribution in [3.05, 3.63) is 42.5 Å². The van der Waals surface area contributed by atoms with Gasteiger partial charge in [0.1, 0.15) is 11.5 Å². The Kier molecular flexibility index (Phi) is 3.31. The molecule has 118 valence electrons. The molecule has 2 aliphatic heterocycles. The van der Waals surface area contributed by atoms with Crippen LogP contribution in [0.25, 0.3) is 0 Å². The summed E-state index contributed by atoms with van der Waals surface area (Å²) in [7, 11) is -0.344. The molecule has 5 heteroatoms.